The molecule has 0 aliphatic carbocycles. The molecule has 1 N–H and O–H groups in total. The third kappa shape index (κ3) is 4.00. The Morgan fingerprint density at radius 3 is 2.61 bits per heavy atom. The van der Waals surface area contributed by atoms with Crippen molar-refractivity contribution < 1.29 is 19.2 Å². The number of carbonyl (C=O) groups excluding carboxylic acids is 2. The van der Waals surface area contributed by atoms with Crippen LogP contribution >= 0.6 is 0 Å². The fraction of sp³-hybridized carbons (Fsp3) is 0.375. The highest BCUT2D eigenvalue weighted by Gasteiger charge is 2.43. The van der Waals surface area contributed by atoms with Crippen molar-refractivity contribution in [3.05, 3.63) is 59.2 Å². The largest absolute Gasteiger partial charge is 0.496 e. The van der Waals surface area contributed by atoms with E-state index in [-0.39, 0.29) is 11.8 Å². The van der Waals surface area contributed by atoms with Crippen LogP contribution in [0.2, 0.25) is 0 Å². The molecule has 0 aromatic heterocycles. The highest BCUT2D eigenvalue weighted by atomic mass is 16.7. The minimum absolute atomic E-state index is 0.0104. The molecule has 0 spiro atoms. The predicted molar refractivity (Wildman–Crippen MR) is 119 cm³/mol. The van der Waals surface area contributed by atoms with E-state index in [0.717, 1.165) is 37.1 Å². The van der Waals surface area contributed by atoms with Crippen LogP contribution in [0.1, 0.15) is 47.7 Å². The number of methoxy groups -OCH3 is 1. The number of anilines is 1. The summed E-state index contributed by atoms with van der Waals surface area (Å²) in [5.41, 5.74) is 2.27. The number of nitrogens with one attached hydrogen (secondary N) is 1. The highest BCUT2D eigenvalue weighted by Crippen LogP contribution is 2.32. The first-order valence-corrected chi connectivity index (χ1v) is 10.5. The third-order valence-corrected chi connectivity index (χ3v) is 5.97. The summed E-state index contributed by atoms with van der Waals surface area (Å²) in [6.07, 6.45) is 2.38. The maximum absolute atomic E-state index is 13.1. The molecule has 2 aliphatic heterocycles. The van der Waals surface area contributed by atoms with Gasteiger partial charge in [-0.2, -0.15) is 0 Å². The van der Waals surface area contributed by atoms with Crippen LogP contribution in [0.4, 0.5) is 5.69 Å². The summed E-state index contributed by atoms with van der Waals surface area (Å²) in [5, 5.41) is 7.11. The molecule has 2 aromatic rings. The molecule has 2 aromatic carbocycles. The molecule has 1 fully saturated rings. The number of nitrogens with zero attached hydrogens (tertiary/aromatic N) is 2. The Balaban J connectivity index is 1.50. The van der Waals surface area contributed by atoms with Crippen LogP contribution in [0.3, 0.4) is 0 Å². The maximum Gasteiger partial charge on any atom is 0.271 e. The standard InChI is InChI=1S/C24H27N3O4/c1-16-17(22(28)27-13-6-7-14-27)10-8-11-19(16)25-23(29)24(2)15-20(26-31-24)18-9-4-5-12-21(18)30-3/h4-5,8-12H,6-7,13-15H2,1-3H3,(H,25,29)/t24-/m0/s1. The fourth-order valence-corrected chi connectivity index (χ4v) is 4.04. The summed E-state index contributed by atoms with van der Waals surface area (Å²) < 4.78 is 5.40. The molecule has 2 heterocycles. The van der Waals surface area contributed by atoms with Crippen molar-refractivity contribution >= 4 is 23.2 Å². The second kappa shape index (κ2) is 8.41. The Morgan fingerprint density at radius 1 is 1.13 bits per heavy atom. The van der Waals surface area contributed by atoms with Crippen molar-refractivity contribution in [2.45, 2.75) is 38.7 Å². The fourth-order valence-electron chi connectivity index (χ4n) is 4.04. The SMILES string of the molecule is COc1ccccc1C1=NO[C@](C)(C(=O)Nc2cccc(C(=O)N3CCCC3)c2C)C1. The first-order valence-electron chi connectivity index (χ1n) is 10.5. The van der Waals surface area contributed by atoms with Crippen LogP contribution < -0.4 is 10.1 Å². The van der Waals surface area contributed by atoms with Gasteiger partial charge >= 0.3 is 0 Å². The molecular weight excluding hydrogens is 394 g/mol. The lowest BCUT2D eigenvalue weighted by Crippen LogP contribution is -2.40. The molecule has 2 amide bonds. The minimum atomic E-state index is -1.16. The number of amides is 2. The Labute approximate surface area is 182 Å². The number of likely N-dealkylation sites (tertiary alicyclic amines) is 1. The van der Waals surface area contributed by atoms with Crippen molar-refractivity contribution in [2.75, 3.05) is 25.5 Å². The quantitative estimate of drug-likeness (QED) is 0.797. The zero-order valence-corrected chi connectivity index (χ0v) is 18.1. The van der Waals surface area contributed by atoms with Gasteiger partial charge in [0.15, 0.2) is 0 Å². The van der Waals surface area contributed by atoms with E-state index in [1.807, 2.05) is 42.2 Å². The van der Waals surface area contributed by atoms with E-state index in [1.54, 1.807) is 26.2 Å². The Hall–Kier alpha value is -3.35. The molecule has 2 aliphatic rings. The van der Waals surface area contributed by atoms with E-state index in [0.29, 0.717) is 29.1 Å². The smallest absolute Gasteiger partial charge is 0.271 e. The van der Waals surface area contributed by atoms with Crippen LogP contribution in [-0.2, 0) is 9.63 Å². The van der Waals surface area contributed by atoms with Gasteiger partial charge in [0.25, 0.3) is 11.8 Å². The number of ether oxygens (including phenoxy) is 1. The number of para-hydroxylation sites is 1. The van der Waals surface area contributed by atoms with Crippen molar-refractivity contribution in [1.29, 1.82) is 0 Å². The molecule has 0 saturated carbocycles. The van der Waals surface area contributed by atoms with Gasteiger partial charge in [-0.1, -0.05) is 23.4 Å². The number of oxime groups is 1. The van der Waals surface area contributed by atoms with E-state index in [2.05, 4.69) is 10.5 Å². The molecule has 0 bridgehead atoms. The average molecular weight is 421 g/mol. The lowest BCUT2D eigenvalue weighted by molar-refractivity contribution is -0.135. The Bertz CT molecular complexity index is 1040. The molecule has 1 atom stereocenters. The lowest BCUT2D eigenvalue weighted by Gasteiger charge is -2.22. The van der Waals surface area contributed by atoms with Gasteiger partial charge in [0.2, 0.25) is 5.60 Å². The molecule has 1 saturated heterocycles. The normalized spacial score (nSPS) is 20.2. The molecule has 162 valence electrons. The monoisotopic (exact) mass is 421 g/mol. The van der Waals surface area contributed by atoms with Gasteiger partial charge in [0.05, 0.1) is 12.8 Å². The molecule has 31 heavy (non-hydrogen) atoms. The van der Waals surface area contributed by atoms with Crippen LogP contribution in [0.25, 0.3) is 0 Å². The minimum Gasteiger partial charge on any atom is -0.496 e. The van der Waals surface area contributed by atoms with Crippen molar-refractivity contribution in [3.8, 4) is 5.75 Å². The predicted octanol–water partition coefficient (Wildman–Crippen LogP) is 3.76. The molecular formula is C24H27N3O4. The number of carbonyl (C=O) groups is 2. The first kappa shape index (κ1) is 20.9. The Morgan fingerprint density at radius 2 is 1.87 bits per heavy atom. The topological polar surface area (TPSA) is 80.2 Å². The molecule has 0 unspecified atom stereocenters. The lowest BCUT2D eigenvalue weighted by atomic mass is 9.94. The number of hydrogen-bond acceptors (Lipinski definition) is 5. The van der Waals surface area contributed by atoms with Gasteiger partial charge in [-0.05, 0) is 56.5 Å². The van der Waals surface area contributed by atoms with Gasteiger partial charge in [-0.25, -0.2) is 0 Å². The van der Waals surface area contributed by atoms with Crippen molar-refractivity contribution in [2.24, 2.45) is 5.16 Å². The van der Waals surface area contributed by atoms with E-state index in [1.165, 1.54) is 0 Å². The summed E-state index contributed by atoms with van der Waals surface area (Å²) in [5.74, 6) is 0.379. The number of benzene rings is 2. The molecule has 7 heteroatoms. The van der Waals surface area contributed by atoms with E-state index < -0.39 is 5.60 Å². The van der Waals surface area contributed by atoms with Gasteiger partial charge in [-0.3, -0.25) is 9.59 Å². The second-order valence-electron chi connectivity index (χ2n) is 8.17. The average Bonchev–Trinajstić information content (AvgIpc) is 3.45. The van der Waals surface area contributed by atoms with Gasteiger partial charge in [-0.15, -0.1) is 0 Å². The first-order chi connectivity index (χ1) is 14.9. The second-order valence-corrected chi connectivity index (χ2v) is 8.17. The van der Waals surface area contributed by atoms with Gasteiger partial charge in [0.1, 0.15) is 5.75 Å². The summed E-state index contributed by atoms with van der Waals surface area (Å²) in [6, 6.07) is 12.9. The van der Waals surface area contributed by atoms with Crippen molar-refractivity contribution in [3.63, 3.8) is 0 Å². The maximum atomic E-state index is 13.1. The van der Waals surface area contributed by atoms with Crippen LogP contribution in [0.5, 0.6) is 5.75 Å². The number of hydrogen-bond donors (Lipinski definition) is 1. The van der Waals surface area contributed by atoms with Gasteiger partial charge < -0.3 is 19.8 Å². The third-order valence-electron chi connectivity index (χ3n) is 5.97. The summed E-state index contributed by atoms with van der Waals surface area (Å²) in [7, 11) is 1.60. The molecule has 4 rings (SSSR count). The number of rotatable bonds is 5. The summed E-state index contributed by atoms with van der Waals surface area (Å²) in [4.78, 5) is 33.4. The van der Waals surface area contributed by atoms with Crippen LogP contribution in [0, 0.1) is 6.92 Å². The van der Waals surface area contributed by atoms with Crippen LogP contribution in [-0.4, -0.2) is 48.2 Å². The van der Waals surface area contributed by atoms with Crippen LogP contribution in [0.15, 0.2) is 47.6 Å². The van der Waals surface area contributed by atoms with Gasteiger partial charge in [0, 0.05) is 36.3 Å². The Kier molecular flexibility index (Phi) is 5.67. The zero-order valence-electron chi connectivity index (χ0n) is 18.1. The van der Waals surface area contributed by atoms with E-state index in [9.17, 15) is 9.59 Å². The molecule has 0 radical (unpaired) electrons. The van der Waals surface area contributed by atoms with E-state index >= 15 is 0 Å². The summed E-state index contributed by atoms with van der Waals surface area (Å²) >= 11 is 0. The summed E-state index contributed by atoms with van der Waals surface area (Å²) in [6.45, 7) is 5.13. The van der Waals surface area contributed by atoms with E-state index in [4.69, 9.17) is 9.57 Å². The van der Waals surface area contributed by atoms with Crippen molar-refractivity contribution in [1.82, 2.24) is 4.90 Å². The highest BCUT2D eigenvalue weighted by molar-refractivity contribution is 6.09. The zero-order chi connectivity index (χ0) is 22.0. The molecule has 7 nitrogen and oxygen atoms in total.